The number of nitriles is 1. The first kappa shape index (κ1) is 19.9. The van der Waals surface area contributed by atoms with Crippen LogP contribution in [0.25, 0.3) is 21.6 Å². The van der Waals surface area contributed by atoms with Gasteiger partial charge in [-0.1, -0.05) is 6.07 Å². The summed E-state index contributed by atoms with van der Waals surface area (Å²) >= 11 is 1.51. The lowest BCUT2D eigenvalue weighted by atomic mass is 9.91. The fourth-order valence-corrected chi connectivity index (χ4v) is 4.52. The predicted octanol–water partition coefficient (Wildman–Crippen LogP) is 4.88. The first-order valence-electron chi connectivity index (χ1n) is 9.63. The monoisotopic (exact) mass is 419 g/mol. The van der Waals surface area contributed by atoms with Gasteiger partial charge < -0.3 is 14.4 Å². The molecule has 2 aromatic heterocycles. The van der Waals surface area contributed by atoms with E-state index in [4.69, 9.17) is 9.47 Å². The maximum atomic E-state index is 11.6. The molecule has 1 amide bonds. The molecule has 0 aliphatic heterocycles. The van der Waals surface area contributed by atoms with Gasteiger partial charge in [0.1, 0.15) is 6.07 Å². The van der Waals surface area contributed by atoms with Crippen molar-refractivity contribution in [3.8, 4) is 39.1 Å². The van der Waals surface area contributed by atoms with E-state index in [0.717, 1.165) is 52.9 Å². The van der Waals surface area contributed by atoms with Crippen LogP contribution in [0, 0.1) is 11.3 Å². The van der Waals surface area contributed by atoms with Gasteiger partial charge in [0.2, 0.25) is 6.41 Å². The summed E-state index contributed by atoms with van der Waals surface area (Å²) in [5.41, 5.74) is 3.69. The van der Waals surface area contributed by atoms with E-state index in [1.54, 1.807) is 31.5 Å². The number of pyridine rings is 1. The van der Waals surface area contributed by atoms with E-state index >= 15 is 0 Å². The Morgan fingerprint density at radius 1 is 1.17 bits per heavy atom. The molecule has 6 nitrogen and oxygen atoms in total. The quantitative estimate of drug-likeness (QED) is 0.510. The number of nitrogens with zero attached hydrogens (tertiary/aromatic N) is 3. The molecule has 1 aliphatic rings. The van der Waals surface area contributed by atoms with Crippen LogP contribution < -0.4 is 14.4 Å². The lowest BCUT2D eigenvalue weighted by Crippen LogP contribution is -2.38. The third-order valence-corrected chi connectivity index (χ3v) is 6.43. The fraction of sp³-hybridized carbons (Fsp3) is 0.261. The van der Waals surface area contributed by atoms with Gasteiger partial charge in [0.25, 0.3) is 0 Å². The molecule has 3 aromatic rings. The molecule has 1 aromatic carbocycles. The molecular formula is C23H21N3O3S. The number of aromatic nitrogens is 1. The van der Waals surface area contributed by atoms with E-state index in [-0.39, 0.29) is 6.04 Å². The van der Waals surface area contributed by atoms with E-state index in [2.05, 4.69) is 11.1 Å². The molecule has 0 atom stereocenters. The summed E-state index contributed by atoms with van der Waals surface area (Å²) in [6.45, 7) is 0. The second-order valence-corrected chi connectivity index (χ2v) is 7.97. The largest absolute Gasteiger partial charge is 0.493 e. The number of hydrogen-bond donors (Lipinski definition) is 0. The molecule has 4 rings (SSSR count). The Morgan fingerprint density at radius 3 is 2.57 bits per heavy atom. The van der Waals surface area contributed by atoms with E-state index in [9.17, 15) is 10.1 Å². The Balaban J connectivity index is 1.75. The minimum Gasteiger partial charge on any atom is -0.493 e. The van der Waals surface area contributed by atoms with Crippen LogP contribution >= 0.6 is 11.3 Å². The molecule has 7 heteroatoms. The van der Waals surface area contributed by atoms with Crippen molar-refractivity contribution in [1.29, 1.82) is 5.26 Å². The molecule has 0 N–H and O–H groups in total. The van der Waals surface area contributed by atoms with Gasteiger partial charge in [-0.25, -0.2) is 0 Å². The number of carbonyl (C=O) groups excluding carboxylic acids is 1. The van der Waals surface area contributed by atoms with Crippen molar-refractivity contribution in [3.05, 3.63) is 47.6 Å². The molecule has 152 valence electrons. The van der Waals surface area contributed by atoms with Crippen LogP contribution in [0.5, 0.6) is 11.5 Å². The van der Waals surface area contributed by atoms with Gasteiger partial charge in [-0.3, -0.25) is 9.78 Å². The van der Waals surface area contributed by atoms with Crippen LogP contribution in [0.4, 0.5) is 5.69 Å². The number of methoxy groups -OCH3 is 2. The standard InChI is InChI=1S/C23H21N3O3S/c1-28-21-7-6-15(8-22(21)29-2)19-11-25-12-20(18(19)10-24)23-9-17(13-30-23)26(14-27)16-4-3-5-16/h6-9,11-14,16H,3-5H2,1-2H3. The van der Waals surface area contributed by atoms with Crippen LogP contribution in [0.1, 0.15) is 24.8 Å². The maximum Gasteiger partial charge on any atom is 0.214 e. The number of rotatable bonds is 7. The minimum atomic E-state index is 0.275. The molecule has 30 heavy (non-hydrogen) atoms. The van der Waals surface area contributed by atoms with Crippen molar-refractivity contribution in [3.63, 3.8) is 0 Å². The van der Waals surface area contributed by atoms with Gasteiger partial charge in [-0.15, -0.1) is 11.3 Å². The highest BCUT2D eigenvalue weighted by Crippen LogP contribution is 2.40. The van der Waals surface area contributed by atoms with Gasteiger partial charge in [0, 0.05) is 39.8 Å². The van der Waals surface area contributed by atoms with Gasteiger partial charge >= 0.3 is 0 Å². The molecule has 1 aliphatic carbocycles. The van der Waals surface area contributed by atoms with E-state index in [1.165, 1.54) is 11.3 Å². The predicted molar refractivity (Wildman–Crippen MR) is 117 cm³/mol. The molecule has 2 heterocycles. The van der Waals surface area contributed by atoms with Crippen molar-refractivity contribution >= 4 is 23.4 Å². The molecule has 0 saturated heterocycles. The Morgan fingerprint density at radius 2 is 1.93 bits per heavy atom. The third-order valence-electron chi connectivity index (χ3n) is 5.48. The van der Waals surface area contributed by atoms with Crippen LogP contribution in [0.15, 0.2) is 42.0 Å². The highest BCUT2D eigenvalue weighted by Gasteiger charge is 2.26. The number of benzene rings is 1. The SMILES string of the molecule is COc1ccc(-c2cncc(-c3cc(N(C=O)C4CCC4)cs3)c2C#N)cc1OC. The zero-order valence-electron chi connectivity index (χ0n) is 16.8. The Labute approximate surface area is 179 Å². The highest BCUT2D eigenvalue weighted by molar-refractivity contribution is 7.14. The van der Waals surface area contributed by atoms with Crippen LogP contribution in [-0.4, -0.2) is 31.7 Å². The van der Waals surface area contributed by atoms with Crippen LogP contribution in [-0.2, 0) is 4.79 Å². The summed E-state index contributed by atoms with van der Waals surface area (Å²) in [6.07, 6.45) is 7.51. The van der Waals surface area contributed by atoms with Crippen molar-refractivity contribution in [2.75, 3.05) is 19.1 Å². The van der Waals surface area contributed by atoms with Crippen molar-refractivity contribution in [2.45, 2.75) is 25.3 Å². The molecule has 0 unspecified atom stereocenters. The van der Waals surface area contributed by atoms with Crippen LogP contribution in [0.3, 0.4) is 0 Å². The highest BCUT2D eigenvalue weighted by atomic mass is 32.1. The Kier molecular flexibility index (Phi) is 5.68. The average molecular weight is 420 g/mol. The topological polar surface area (TPSA) is 75.5 Å². The van der Waals surface area contributed by atoms with Crippen molar-refractivity contribution in [2.24, 2.45) is 0 Å². The number of hydrogen-bond acceptors (Lipinski definition) is 6. The first-order chi connectivity index (χ1) is 14.7. The van der Waals surface area contributed by atoms with E-state index in [0.29, 0.717) is 17.1 Å². The fourth-order valence-electron chi connectivity index (χ4n) is 3.62. The lowest BCUT2D eigenvalue weighted by Gasteiger charge is -2.34. The smallest absolute Gasteiger partial charge is 0.214 e. The maximum absolute atomic E-state index is 11.6. The number of amides is 1. The molecule has 0 spiro atoms. The number of thiophene rings is 1. The zero-order valence-corrected chi connectivity index (χ0v) is 17.6. The lowest BCUT2D eigenvalue weighted by molar-refractivity contribution is -0.108. The zero-order chi connectivity index (χ0) is 21.1. The van der Waals surface area contributed by atoms with Crippen molar-refractivity contribution in [1.82, 2.24) is 4.98 Å². The summed E-state index contributed by atoms with van der Waals surface area (Å²) in [4.78, 5) is 18.7. The molecule has 1 saturated carbocycles. The summed E-state index contributed by atoms with van der Waals surface area (Å²) < 4.78 is 10.7. The molecule has 1 fully saturated rings. The van der Waals surface area contributed by atoms with Crippen molar-refractivity contribution < 1.29 is 14.3 Å². The van der Waals surface area contributed by atoms with Gasteiger partial charge in [0.05, 0.1) is 25.5 Å². The van der Waals surface area contributed by atoms with Gasteiger partial charge in [-0.2, -0.15) is 5.26 Å². The van der Waals surface area contributed by atoms with Gasteiger partial charge in [-0.05, 0) is 43.0 Å². The average Bonchev–Trinajstić information content (AvgIpc) is 3.24. The number of anilines is 1. The number of carbonyl (C=O) groups is 1. The summed E-state index contributed by atoms with van der Waals surface area (Å²) in [6, 6.07) is 10.1. The molecular weight excluding hydrogens is 398 g/mol. The molecule has 0 radical (unpaired) electrons. The normalized spacial score (nSPS) is 13.2. The third kappa shape index (κ3) is 3.51. The first-order valence-corrected chi connectivity index (χ1v) is 10.5. The minimum absolute atomic E-state index is 0.275. The summed E-state index contributed by atoms with van der Waals surface area (Å²) in [7, 11) is 3.16. The van der Waals surface area contributed by atoms with Crippen LogP contribution in [0.2, 0.25) is 0 Å². The number of ether oxygens (including phenoxy) is 2. The van der Waals surface area contributed by atoms with Gasteiger partial charge in [0.15, 0.2) is 11.5 Å². The second-order valence-electron chi connectivity index (χ2n) is 7.06. The second kappa shape index (κ2) is 8.56. The van der Waals surface area contributed by atoms with E-state index < -0.39 is 0 Å². The summed E-state index contributed by atoms with van der Waals surface area (Å²) in [5, 5.41) is 11.9. The summed E-state index contributed by atoms with van der Waals surface area (Å²) in [5.74, 6) is 1.21. The van der Waals surface area contributed by atoms with E-state index in [1.807, 2.05) is 29.6 Å². The Hall–Kier alpha value is -3.37. The molecule has 0 bridgehead atoms. The Bertz CT molecular complexity index is 1120.